The summed E-state index contributed by atoms with van der Waals surface area (Å²) in [4.78, 5) is 27.5. The van der Waals surface area contributed by atoms with Crippen LogP contribution < -0.4 is 5.32 Å². The van der Waals surface area contributed by atoms with E-state index in [9.17, 15) is 14.0 Å². The van der Waals surface area contributed by atoms with Crippen LogP contribution in [0.1, 0.15) is 41.4 Å². The van der Waals surface area contributed by atoms with E-state index >= 15 is 0 Å². The summed E-state index contributed by atoms with van der Waals surface area (Å²) in [6.07, 6.45) is 1.46. The third-order valence-corrected chi connectivity index (χ3v) is 6.12. The first-order valence-corrected chi connectivity index (χ1v) is 10.6. The monoisotopic (exact) mass is 430 g/mol. The summed E-state index contributed by atoms with van der Waals surface area (Å²) in [5.74, 6) is -0.867. The summed E-state index contributed by atoms with van der Waals surface area (Å²) in [6.45, 7) is 5.23. The predicted octanol–water partition coefficient (Wildman–Crippen LogP) is 2.46. The number of methoxy groups -OCH3 is 1. The fourth-order valence-corrected chi connectivity index (χ4v) is 4.37. The maximum Gasteiger partial charge on any atom is 0.225 e. The molecule has 1 N–H and O–H groups in total. The fourth-order valence-electron chi connectivity index (χ4n) is 4.37. The highest BCUT2D eigenvalue weighted by molar-refractivity contribution is 5.85. The van der Waals surface area contributed by atoms with Gasteiger partial charge < -0.3 is 15.0 Å². The summed E-state index contributed by atoms with van der Waals surface area (Å²) >= 11 is 0. The molecule has 8 heteroatoms. The Morgan fingerprint density at radius 1 is 1.29 bits per heavy atom. The Kier molecular flexibility index (Phi) is 7.43. The molecule has 2 heterocycles. The van der Waals surface area contributed by atoms with E-state index in [0.29, 0.717) is 39.0 Å². The molecule has 31 heavy (non-hydrogen) atoms. The number of hydrogen-bond donors (Lipinski definition) is 1. The van der Waals surface area contributed by atoms with Crippen LogP contribution in [0, 0.1) is 25.6 Å². The van der Waals surface area contributed by atoms with Gasteiger partial charge in [0.1, 0.15) is 5.82 Å². The molecule has 168 valence electrons. The number of carbonyl (C=O) groups excluding carboxylic acids is 2. The summed E-state index contributed by atoms with van der Waals surface area (Å²) in [7, 11) is 3.49. The van der Waals surface area contributed by atoms with Gasteiger partial charge in [0, 0.05) is 39.4 Å². The average molecular weight is 431 g/mol. The SMILES string of the molecule is COCCN1C(=O)CCC(C(=O)NCCc2c(C)nn(C)c2C)C1c1ccc(F)cc1. The summed E-state index contributed by atoms with van der Waals surface area (Å²) in [5, 5.41) is 7.47. The van der Waals surface area contributed by atoms with E-state index < -0.39 is 12.0 Å². The van der Waals surface area contributed by atoms with E-state index in [1.54, 1.807) is 24.1 Å². The summed E-state index contributed by atoms with van der Waals surface area (Å²) in [6, 6.07) is 5.60. The van der Waals surface area contributed by atoms with Gasteiger partial charge in [-0.3, -0.25) is 14.3 Å². The Balaban J connectivity index is 1.76. The van der Waals surface area contributed by atoms with E-state index in [1.165, 1.54) is 12.1 Å². The number of aromatic nitrogens is 2. The number of piperidine rings is 1. The second-order valence-corrected chi connectivity index (χ2v) is 8.04. The molecule has 3 rings (SSSR count). The quantitative estimate of drug-likeness (QED) is 0.698. The number of carbonyl (C=O) groups is 2. The summed E-state index contributed by atoms with van der Waals surface area (Å²) < 4.78 is 20.5. The van der Waals surface area contributed by atoms with Crippen LogP contribution >= 0.6 is 0 Å². The number of amides is 2. The van der Waals surface area contributed by atoms with Crippen LogP contribution in [0.25, 0.3) is 0 Å². The van der Waals surface area contributed by atoms with Crippen molar-refractivity contribution in [2.45, 2.75) is 39.2 Å². The number of likely N-dealkylation sites (tertiary alicyclic amines) is 1. The third-order valence-electron chi connectivity index (χ3n) is 6.12. The first-order chi connectivity index (χ1) is 14.8. The lowest BCUT2D eigenvalue weighted by Gasteiger charge is -2.40. The number of benzene rings is 1. The van der Waals surface area contributed by atoms with Gasteiger partial charge in [-0.2, -0.15) is 5.10 Å². The number of nitrogens with zero attached hydrogens (tertiary/aromatic N) is 3. The lowest BCUT2D eigenvalue weighted by atomic mass is 9.83. The Morgan fingerprint density at radius 2 is 2.00 bits per heavy atom. The van der Waals surface area contributed by atoms with Crippen LogP contribution in [-0.2, 0) is 27.8 Å². The minimum absolute atomic E-state index is 0.0166. The van der Waals surface area contributed by atoms with Gasteiger partial charge in [0.25, 0.3) is 0 Å². The molecule has 2 atom stereocenters. The first-order valence-electron chi connectivity index (χ1n) is 10.6. The third kappa shape index (κ3) is 5.12. The van der Waals surface area contributed by atoms with Crippen molar-refractivity contribution in [3.8, 4) is 0 Å². The fraction of sp³-hybridized carbons (Fsp3) is 0.522. The van der Waals surface area contributed by atoms with Gasteiger partial charge in [-0.15, -0.1) is 0 Å². The van der Waals surface area contributed by atoms with Crippen molar-refractivity contribution in [3.05, 3.63) is 52.6 Å². The molecule has 0 bridgehead atoms. The van der Waals surface area contributed by atoms with E-state index in [4.69, 9.17) is 4.74 Å². The standard InChI is InChI=1S/C23H31FN4O3/c1-15-19(16(2)27(3)26-15)11-12-25-23(30)20-9-10-21(29)28(13-14-31-4)22(20)17-5-7-18(24)8-6-17/h5-8,20,22H,9-14H2,1-4H3,(H,25,30). The second-order valence-electron chi connectivity index (χ2n) is 8.04. The maximum atomic E-state index is 13.5. The van der Waals surface area contributed by atoms with Gasteiger partial charge in [0.2, 0.25) is 11.8 Å². The average Bonchev–Trinajstić information content (AvgIpc) is 2.99. The molecule has 0 spiro atoms. The molecule has 1 aliphatic rings. The molecule has 2 amide bonds. The first kappa shape index (κ1) is 22.9. The highest BCUT2D eigenvalue weighted by Crippen LogP contribution is 2.37. The van der Waals surface area contributed by atoms with Crippen molar-refractivity contribution < 1.29 is 18.7 Å². The molecule has 2 unspecified atom stereocenters. The normalized spacial score (nSPS) is 19.0. The van der Waals surface area contributed by atoms with E-state index in [1.807, 2.05) is 25.6 Å². The minimum Gasteiger partial charge on any atom is -0.383 e. The van der Waals surface area contributed by atoms with Gasteiger partial charge in [-0.1, -0.05) is 12.1 Å². The predicted molar refractivity (Wildman–Crippen MR) is 115 cm³/mol. The molecule has 1 saturated heterocycles. The second kappa shape index (κ2) is 10.0. The molecule has 1 aromatic heterocycles. The summed E-state index contributed by atoms with van der Waals surface area (Å²) in [5.41, 5.74) is 3.94. The van der Waals surface area contributed by atoms with Crippen LogP contribution in [0.15, 0.2) is 24.3 Å². The molecular formula is C23H31FN4O3. The molecule has 2 aromatic rings. The number of ether oxygens (including phenoxy) is 1. The lowest BCUT2D eigenvalue weighted by molar-refractivity contribution is -0.144. The van der Waals surface area contributed by atoms with Gasteiger partial charge in [0.15, 0.2) is 0 Å². The number of nitrogens with one attached hydrogen (secondary N) is 1. The number of aryl methyl sites for hydroxylation is 2. The molecule has 1 fully saturated rings. The number of rotatable bonds is 8. The topological polar surface area (TPSA) is 76.5 Å². The molecule has 0 aliphatic carbocycles. The van der Waals surface area contributed by atoms with Crippen LogP contribution in [0.5, 0.6) is 0 Å². The Labute approximate surface area is 182 Å². The Morgan fingerprint density at radius 3 is 2.61 bits per heavy atom. The van der Waals surface area contributed by atoms with Crippen molar-refractivity contribution >= 4 is 11.8 Å². The zero-order chi connectivity index (χ0) is 22.5. The van der Waals surface area contributed by atoms with Gasteiger partial charge in [-0.05, 0) is 49.9 Å². The molecular weight excluding hydrogens is 399 g/mol. The Hall–Kier alpha value is -2.74. The van der Waals surface area contributed by atoms with Gasteiger partial charge in [-0.25, -0.2) is 4.39 Å². The highest BCUT2D eigenvalue weighted by atomic mass is 19.1. The highest BCUT2D eigenvalue weighted by Gasteiger charge is 2.40. The smallest absolute Gasteiger partial charge is 0.225 e. The number of hydrogen-bond acceptors (Lipinski definition) is 4. The van der Waals surface area contributed by atoms with Crippen LogP contribution in [-0.4, -0.2) is 53.3 Å². The van der Waals surface area contributed by atoms with E-state index in [2.05, 4.69) is 10.4 Å². The van der Waals surface area contributed by atoms with Crippen molar-refractivity contribution in [2.24, 2.45) is 13.0 Å². The maximum absolute atomic E-state index is 13.5. The minimum atomic E-state index is -0.445. The van der Waals surface area contributed by atoms with Crippen molar-refractivity contribution in [1.29, 1.82) is 0 Å². The zero-order valence-corrected chi connectivity index (χ0v) is 18.7. The molecule has 0 saturated carbocycles. The van der Waals surface area contributed by atoms with Crippen molar-refractivity contribution in [3.63, 3.8) is 0 Å². The lowest BCUT2D eigenvalue weighted by Crippen LogP contribution is -2.49. The van der Waals surface area contributed by atoms with Crippen LogP contribution in [0.4, 0.5) is 4.39 Å². The molecule has 1 aromatic carbocycles. The van der Waals surface area contributed by atoms with Crippen LogP contribution in [0.3, 0.4) is 0 Å². The molecule has 0 radical (unpaired) electrons. The largest absolute Gasteiger partial charge is 0.383 e. The van der Waals surface area contributed by atoms with Gasteiger partial charge >= 0.3 is 0 Å². The van der Waals surface area contributed by atoms with Crippen molar-refractivity contribution in [2.75, 3.05) is 26.8 Å². The van der Waals surface area contributed by atoms with Crippen molar-refractivity contribution in [1.82, 2.24) is 20.0 Å². The van der Waals surface area contributed by atoms with E-state index in [-0.39, 0.29) is 17.6 Å². The molecule has 1 aliphatic heterocycles. The van der Waals surface area contributed by atoms with Crippen LogP contribution in [0.2, 0.25) is 0 Å². The number of halogens is 1. The van der Waals surface area contributed by atoms with Gasteiger partial charge in [0.05, 0.1) is 24.3 Å². The van der Waals surface area contributed by atoms with E-state index in [0.717, 1.165) is 22.5 Å². The molecule has 7 nitrogen and oxygen atoms in total. The zero-order valence-electron chi connectivity index (χ0n) is 18.7. The Bertz CT molecular complexity index is 926.